The van der Waals surface area contributed by atoms with E-state index in [1.54, 1.807) is 19.1 Å². The molecule has 8 nitrogen and oxygen atoms in total. The van der Waals surface area contributed by atoms with Gasteiger partial charge in [-0.25, -0.2) is 4.79 Å². The van der Waals surface area contributed by atoms with Gasteiger partial charge in [-0.15, -0.1) is 0 Å². The Labute approximate surface area is 165 Å². The maximum atomic E-state index is 12.8. The Bertz CT molecular complexity index is 704. The van der Waals surface area contributed by atoms with E-state index in [4.69, 9.17) is 18.9 Å². The first-order valence-electron chi connectivity index (χ1n) is 9.21. The molecule has 1 aliphatic rings. The summed E-state index contributed by atoms with van der Waals surface area (Å²) >= 11 is 0. The Balaban J connectivity index is 2.15. The average Bonchev–Trinajstić information content (AvgIpc) is 3.01. The lowest BCUT2D eigenvalue weighted by Gasteiger charge is -2.24. The van der Waals surface area contributed by atoms with Gasteiger partial charge in [-0.1, -0.05) is 19.9 Å². The number of rotatable bonds is 9. The number of nitrogens with one attached hydrogen (secondary N) is 1. The second-order valence-corrected chi connectivity index (χ2v) is 7.14. The number of fused-ring (bicyclic) bond motifs is 1. The first-order valence-corrected chi connectivity index (χ1v) is 9.21. The minimum absolute atomic E-state index is 0.189. The summed E-state index contributed by atoms with van der Waals surface area (Å²) in [7, 11) is 1.97. The lowest BCUT2D eigenvalue weighted by Crippen LogP contribution is -2.47. The molecule has 9 heteroatoms. The Morgan fingerprint density at radius 3 is 2.46 bits per heavy atom. The molecule has 1 aromatic carbocycles. The lowest BCUT2D eigenvalue weighted by atomic mass is 9.75. The maximum absolute atomic E-state index is 12.8. The van der Waals surface area contributed by atoms with E-state index >= 15 is 0 Å². The molecule has 0 saturated heterocycles. The molecule has 0 radical (unpaired) electrons. The molecule has 1 aromatic rings. The molecule has 2 rings (SSSR count). The molecule has 0 fully saturated rings. The van der Waals surface area contributed by atoms with Gasteiger partial charge >= 0.3 is 13.1 Å². The Morgan fingerprint density at radius 2 is 1.89 bits per heavy atom. The summed E-state index contributed by atoms with van der Waals surface area (Å²) in [5, 5.41) is 12.7. The zero-order chi connectivity index (χ0) is 20.8. The molecule has 1 heterocycles. The standard InChI is InChI=1S/C19H28BNO7/c1-11(2)17(19(23)28-14(9-25-4)10-26-5)21-18(22)15-7-6-13-8-27-20(24)16(13)12(15)3/h6-7,11,14,17,24H,8-10H2,1-5H3,(H,21,22). The van der Waals surface area contributed by atoms with Crippen LogP contribution in [0.1, 0.15) is 35.3 Å². The molecule has 0 saturated carbocycles. The van der Waals surface area contributed by atoms with E-state index in [2.05, 4.69) is 5.32 Å². The molecule has 2 N–H and O–H groups in total. The topological polar surface area (TPSA) is 103 Å². The number of hydrogen-bond acceptors (Lipinski definition) is 7. The van der Waals surface area contributed by atoms with Gasteiger partial charge in [-0.05, 0) is 35.5 Å². The van der Waals surface area contributed by atoms with Crippen molar-refractivity contribution in [3.05, 3.63) is 28.8 Å². The number of benzene rings is 1. The number of amides is 1. The van der Waals surface area contributed by atoms with Crippen molar-refractivity contribution in [1.82, 2.24) is 5.32 Å². The third kappa shape index (κ3) is 5.11. The van der Waals surface area contributed by atoms with Crippen LogP contribution in [0.15, 0.2) is 12.1 Å². The highest BCUT2D eigenvalue weighted by molar-refractivity contribution is 6.62. The van der Waals surface area contributed by atoms with Crippen LogP contribution in [0.4, 0.5) is 0 Å². The number of esters is 1. The van der Waals surface area contributed by atoms with Crippen LogP contribution in [-0.4, -0.2) is 63.6 Å². The van der Waals surface area contributed by atoms with E-state index in [0.717, 1.165) is 5.56 Å². The van der Waals surface area contributed by atoms with Crippen LogP contribution in [0.3, 0.4) is 0 Å². The smallest absolute Gasteiger partial charge is 0.456 e. The summed E-state index contributed by atoms with van der Waals surface area (Å²) in [6.45, 7) is 6.09. The highest BCUT2D eigenvalue weighted by atomic mass is 16.6. The van der Waals surface area contributed by atoms with E-state index in [0.29, 0.717) is 23.2 Å². The molecule has 1 unspecified atom stereocenters. The van der Waals surface area contributed by atoms with Crippen LogP contribution in [0, 0.1) is 12.8 Å². The van der Waals surface area contributed by atoms with Gasteiger partial charge in [0.15, 0.2) is 0 Å². The van der Waals surface area contributed by atoms with E-state index in [9.17, 15) is 14.6 Å². The SMILES string of the molecule is COCC(COC)OC(=O)C(NC(=O)c1ccc2c(c1C)B(O)OC2)C(C)C. The molecule has 0 aromatic heterocycles. The average molecular weight is 393 g/mol. The zero-order valence-corrected chi connectivity index (χ0v) is 17.0. The largest absolute Gasteiger partial charge is 0.492 e. The number of hydrogen-bond donors (Lipinski definition) is 2. The summed E-state index contributed by atoms with van der Waals surface area (Å²) in [4.78, 5) is 25.5. The van der Waals surface area contributed by atoms with Gasteiger partial charge in [0.2, 0.25) is 0 Å². The first kappa shape index (κ1) is 22.4. The number of carbonyl (C=O) groups is 2. The van der Waals surface area contributed by atoms with Crippen molar-refractivity contribution in [2.24, 2.45) is 5.92 Å². The molecule has 0 bridgehead atoms. The summed E-state index contributed by atoms with van der Waals surface area (Å²) in [5.74, 6) is -1.15. The van der Waals surface area contributed by atoms with Gasteiger partial charge in [-0.3, -0.25) is 4.79 Å². The van der Waals surface area contributed by atoms with Crippen LogP contribution in [0.2, 0.25) is 0 Å². The Morgan fingerprint density at radius 1 is 1.25 bits per heavy atom. The van der Waals surface area contributed by atoms with Gasteiger partial charge < -0.3 is 29.2 Å². The molecule has 0 aliphatic carbocycles. The van der Waals surface area contributed by atoms with Gasteiger partial charge in [0.25, 0.3) is 5.91 Å². The normalized spacial score (nSPS) is 14.4. The van der Waals surface area contributed by atoms with E-state index in [1.807, 2.05) is 13.8 Å². The second-order valence-electron chi connectivity index (χ2n) is 7.14. The number of carbonyl (C=O) groups excluding carboxylic acids is 2. The fourth-order valence-corrected chi connectivity index (χ4v) is 3.19. The predicted molar refractivity (Wildman–Crippen MR) is 103 cm³/mol. The minimum atomic E-state index is -1.04. The minimum Gasteiger partial charge on any atom is -0.456 e. The van der Waals surface area contributed by atoms with E-state index in [-0.39, 0.29) is 19.1 Å². The van der Waals surface area contributed by atoms with Crippen molar-refractivity contribution >= 4 is 24.5 Å². The molecule has 1 aliphatic heterocycles. The van der Waals surface area contributed by atoms with Crippen LogP contribution in [0.5, 0.6) is 0 Å². The highest BCUT2D eigenvalue weighted by Gasteiger charge is 2.33. The number of ether oxygens (including phenoxy) is 3. The first-order chi connectivity index (χ1) is 13.3. The van der Waals surface area contributed by atoms with Gasteiger partial charge in [0.1, 0.15) is 12.1 Å². The summed E-state index contributed by atoms with van der Waals surface area (Å²) in [5.41, 5.74) is 2.47. The van der Waals surface area contributed by atoms with Gasteiger partial charge in [0, 0.05) is 19.8 Å². The van der Waals surface area contributed by atoms with Crippen LogP contribution in [0.25, 0.3) is 0 Å². The molecular formula is C19H28BNO7. The van der Waals surface area contributed by atoms with Crippen molar-refractivity contribution in [3.8, 4) is 0 Å². The third-order valence-corrected chi connectivity index (χ3v) is 4.69. The Kier molecular flexibility index (Phi) is 8.00. The molecule has 1 atom stereocenters. The van der Waals surface area contributed by atoms with Gasteiger partial charge in [-0.2, -0.15) is 0 Å². The zero-order valence-electron chi connectivity index (χ0n) is 17.0. The van der Waals surface area contributed by atoms with Crippen LogP contribution < -0.4 is 10.8 Å². The molecule has 0 spiro atoms. The number of methoxy groups -OCH3 is 2. The van der Waals surface area contributed by atoms with Crippen molar-refractivity contribution in [2.75, 3.05) is 27.4 Å². The van der Waals surface area contributed by atoms with Crippen molar-refractivity contribution in [2.45, 2.75) is 39.5 Å². The van der Waals surface area contributed by atoms with Crippen molar-refractivity contribution in [1.29, 1.82) is 0 Å². The summed E-state index contributed by atoms with van der Waals surface area (Å²) < 4.78 is 20.7. The summed E-state index contributed by atoms with van der Waals surface area (Å²) in [6.07, 6.45) is -0.560. The molecule has 28 heavy (non-hydrogen) atoms. The monoisotopic (exact) mass is 393 g/mol. The summed E-state index contributed by atoms with van der Waals surface area (Å²) in [6, 6.07) is 2.59. The predicted octanol–water partition coefficient (Wildman–Crippen LogP) is 0.172. The second kappa shape index (κ2) is 10.0. The lowest BCUT2D eigenvalue weighted by molar-refractivity contribution is -0.158. The van der Waals surface area contributed by atoms with Crippen molar-refractivity contribution in [3.63, 3.8) is 0 Å². The third-order valence-electron chi connectivity index (χ3n) is 4.69. The quantitative estimate of drug-likeness (QED) is 0.456. The van der Waals surface area contributed by atoms with Crippen LogP contribution >= 0.6 is 0 Å². The van der Waals surface area contributed by atoms with E-state index in [1.165, 1.54) is 14.2 Å². The van der Waals surface area contributed by atoms with E-state index < -0.39 is 31.1 Å². The molecule has 1 amide bonds. The highest BCUT2D eigenvalue weighted by Crippen LogP contribution is 2.17. The molecule has 154 valence electrons. The Hall–Kier alpha value is -1.94. The van der Waals surface area contributed by atoms with Crippen molar-refractivity contribution < 1.29 is 33.5 Å². The molecular weight excluding hydrogens is 365 g/mol. The van der Waals surface area contributed by atoms with Gasteiger partial charge in [0.05, 0.1) is 19.8 Å². The fourth-order valence-electron chi connectivity index (χ4n) is 3.19. The van der Waals surface area contributed by atoms with Crippen LogP contribution in [-0.2, 0) is 30.3 Å². The maximum Gasteiger partial charge on any atom is 0.492 e. The fraction of sp³-hybridized carbons (Fsp3) is 0.579.